The topological polar surface area (TPSA) is 201 Å². The highest BCUT2D eigenvalue weighted by Gasteiger charge is 2.23. The molecule has 41 heavy (non-hydrogen) atoms. The van der Waals surface area contributed by atoms with E-state index in [0.29, 0.717) is 25.2 Å². The number of aromatic nitrogens is 2. The van der Waals surface area contributed by atoms with Crippen LogP contribution in [0.1, 0.15) is 41.0 Å². The molecule has 2 amide bonds. The summed E-state index contributed by atoms with van der Waals surface area (Å²) in [5, 5.41) is 26.5. The van der Waals surface area contributed by atoms with Crippen LogP contribution in [0, 0.1) is 17.0 Å². The largest absolute Gasteiger partial charge is 0.507 e. The van der Waals surface area contributed by atoms with Crippen LogP contribution in [0.5, 0.6) is 5.75 Å². The molecule has 0 aliphatic heterocycles. The molecule has 14 heteroatoms. The second-order valence-electron chi connectivity index (χ2n) is 8.97. The molecule has 0 unspecified atom stereocenters. The monoisotopic (exact) mass is 568 g/mol. The first-order valence-electron chi connectivity index (χ1n) is 12.8. The van der Waals surface area contributed by atoms with Crippen LogP contribution in [0.2, 0.25) is 0 Å². The number of alkyl carbamates (subject to hydrolysis) is 1. The van der Waals surface area contributed by atoms with Crippen molar-refractivity contribution in [3.63, 3.8) is 0 Å². The van der Waals surface area contributed by atoms with Crippen LogP contribution in [0.15, 0.2) is 54.7 Å². The quantitative estimate of drug-likeness (QED) is 0.0736. The second kappa shape index (κ2) is 15.0. The van der Waals surface area contributed by atoms with Crippen molar-refractivity contribution < 1.29 is 33.9 Å². The van der Waals surface area contributed by atoms with Gasteiger partial charge in [0.2, 0.25) is 5.91 Å². The fraction of sp³-hybridized carbons (Fsp3) is 0.333. The zero-order valence-electron chi connectivity index (χ0n) is 22.4. The van der Waals surface area contributed by atoms with Crippen molar-refractivity contribution in [3.8, 4) is 5.75 Å². The predicted octanol–water partition coefficient (Wildman–Crippen LogP) is 3.02. The molecule has 0 radical (unpaired) electrons. The Bertz CT molecular complexity index is 1360. The summed E-state index contributed by atoms with van der Waals surface area (Å²) in [6, 6.07) is 11.9. The molecule has 218 valence electrons. The van der Waals surface area contributed by atoms with Crippen molar-refractivity contribution in [2.24, 2.45) is 5.73 Å². The number of nitrogens with zero attached hydrogens (tertiary/aromatic N) is 3. The summed E-state index contributed by atoms with van der Waals surface area (Å²) in [4.78, 5) is 52.5. The van der Waals surface area contributed by atoms with Gasteiger partial charge in [-0.25, -0.2) is 19.1 Å². The molecule has 1 atom stereocenters. The smallest absolute Gasteiger partial charge is 0.408 e. The van der Waals surface area contributed by atoms with Crippen molar-refractivity contribution in [2.75, 3.05) is 18.5 Å². The number of hydrogen-bond acceptors (Lipinski definition) is 10. The number of aromatic hydroxyl groups is 1. The van der Waals surface area contributed by atoms with Gasteiger partial charge in [0.1, 0.15) is 43.3 Å². The van der Waals surface area contributed by atoms with E-state index in [1.165, 1.54) is 22.8 Å². The van der Waals surface area contributed by atoms with E-state index in [0.717, 1.165) is 11.8 Å². The maximum Gasteiger partial charge on any atom is 0.408 e. The number of nitro groups is 1. The average molecular weight is 569 g/mol. The van der Waals surface area contributed by atoms with Gasteiger partial charge in [-0.1, -0.05) is 30.3 Å². The molecule has 0 saturated heterocycles. The normalized spacial score (nSPS) is 11.4. The fourth-order valence-corrected chi connectivity index (χ4v) is 3.86. The second-order valence-corrected chi connectivity index (χ2v) is 8.97. The summed E-state index contributed by atoms with van der Waals surface area (Å²) < 4.78 is 11.7. The number of imidazole rings is 1. The Morgan fingerprint density at radius 3 is 2.61 bits per heavy atom. The van der Waals surface area contributed by atoms with Crippen LogP contribution in [-0.4, -0.2) is 56.7 Å². The zero-order chi connectivity index (χ0) is 29.8. The molecule has 1 aromatic heterocycles. The standard InChI is InChI=1S/C27H32N6O8/c1-18-29-16-24(33(38)39)32(18)13-14-40-26(36)21-15-20(10-11-23(21)34)30-25(35)22(9-5-6-12-28)31-27(37)41-17-19-7-3-2-4-8-19/h2-4,7-8,10-11,15-16,22,34H,5-6,9,12-14,17,28H2,1H3,(H,30,35)(H,31,37)/t22-/m0/s1. The number of esters is 1. The molecule has 0 bridgehead atoms. The molecular formula is C27H32N6O8. The minimum atomic E-state index is -0.955. The molecule has 0 saturated carbocycles. The number of carbonyl (C=O) groups is 3. The van der Waals surface area contributed by atoms with Gasteiger partial charge in [0.05, 0.1) is 0 Å². The molecule has 0 aliphatic rings. The summed E-state index contributed by atoms with van der Waals surface area (Å²) in [6.07, 6.45) is 1.83. The van der Waals surface area contributed by atoms with Gasteiger partial charge in [-0.3, -0.25) is 4.79 Å². The number of ether oxygens (including phenoxy) is 2. The Balaban J connectivity index is 1.62. The molecular weight excluding hydrogens is 536 g/mol. The Labute approximate surface area is 235 Å². The van der Waals surface area contributed by atoms with Crippen molar-refractivity contribution in [1.82, 2.24) is 14.9 Å². The molecule has 3 rings (SSSR count). The first kappa shape index (κ1) is 30.6. The van der Waals surface area contributed by atoms with Crippen molar-refractivity contribution in [2.45, 2.75) is 45.4 Å². The average Bonchev–Trinajstić information content (AvgIpc) is 3.33. The third kappa shape index (κ3) is 9.03. The van der Waals surface area contributed by atoms with Gasteiger partial charge in [0.25, 0.3) is 0 Å². The lowest BCUT2D eigenvalue weighted by Gasteiger charge is -2.19. The maximum absolute atomic E-state index is 13.0. The summed E-state index contributed by atoms with van der Waals surface area (Å²) in [6.45, 7) is 1.77. The van der Waals surface area contributed by atoms with Gasteiger partial charge in [-0.2, -0.15) is 0 Å². The number of amides is 2. The highest BCUT2D eigenvalue weighted by atomic mass is 16.6. The highest BCUT2D eigenvalue weighted by Crippen LogP contribution is 2.23. The number of aryl methyl sites for hydroxylation is 1. The van der Waals surface area contributed by atoms with Crippen LogP contribution >= 0.6 is 0 Å². The molecule has 0 spiro atoms. The number of carbonyl (C=O) groups excluding carboxylic acids is 3. The van der Waals surface area contributed by atoms with Crippen LogP contribution in [0.25, 0.3) is 0 Å². The van der Waals surface area contributed by atoms with E-state index < -0.39 is 28.9 Å². The Morgan fingerprint density at radius 1 is 1.15 bits per heavy atom. The molecule has 2 aromatic carbocycles. The first-order valence-corrected chi connectivity index (χ1v) is 12.8. The zero-order valence-corrected chi connectivity index (χ0v) is 22.4. The number of phenolic OH excluding ortho intramolecular Hbond substituents is 1. The summed E-state index contributed by atoms with van der Waals surface area (Å²) in [7, 11) is 0. The third-order valence-corrected chi connectivity index (χ3v) is 6.02. The number of nitrogens with two attached hydrogens (primary N) is 1. The fourth-order valence-electron chi connectivity index (χ4n) is 3.86. The Morgan fingerprint density at radius 2 is 1.90 bits per heavy atom. The minimum absolute atomic E-state index is 0.0262. The van der Waals surface area contributed by atoms with E-state index in [1.54, 1.807) is 19.1 Å². The number of nitrogens with one attached hydrogen (secondary N) is 2. The van der Waals surface area contributed by atoms with Crippen LogP contribution in [0.4, 0.5) is 16.3 Å². The maximum atomic E-state index is 13.0. The van der Waals surface area contributed by atoms with Crippen molar-refractivity contribution in [3.05, 3.63) is 81.8 Å². The van der Waals surface area contributed by atoms with Gasteiger partial charge >= 0.3 is 17.9 Å². The molecule has 3 aromatic rings. The molecule has 0 fully saturated rings. The molecule has 1 heterocycles. The van der Waals surface area contributed by atoms with E-state index >= 15 is 0 Å². The van der Waals surface area contributed by atoms with Gasteiger partial charge in [-0.15, -0.1) is 0 Å². The molecule has 14 nitrogen and oxygen atoms in total. The van der Waals surface area contributed by atoms with E-state index in [1.807, 2.05) is 18.2 Å². The molecule has 5 N–H and O–H groups in total. The van der Waals surface area contributed by atoms with E-state index in [9.17, 15) is 29.6 Å². The van der Waals surface area contributed by atoms with Gasteiger partial charge in [0.15, 0.2) is 5.82 Å². The lowest BCUT2D eigenvalue weighted by atomic mass is 10.1. The predicted molar refractivity (Wildman–Crippen MR) is 147 cm³/mol. The lowest BCUT2D eigenvalue weighted by Crippen LogP contribution is -2.44. The van der Waals surface area contributed by atoms with Crippen LogP contribution < -0.4 is 16.4 Å². The van der Waals surface area contributed by atoms with E-state index in [2.05, 4.69) is 15.6 Å². The Hall–Kier alpha value is -4.98. The highest BCUT2D eigenvalue weighted by molar-refractivity contribution is 5.99. The minimum Gasteiger partial charge on any atom is -0.507 e. The third-order valence-electron chi connectivity index (χ3n) is 6.02. The van der Waals surface area contributed by atoms with Gasteiger partial charge < -0.3 is 41.1 Å². The van der Waals surface area contributed by atoms with Crippen LogP contribution in [0.3, 0.4) is 0 Å². The van der Waals surface area contributed by atoms with Crippen LogP contribution in [-0.2, 0) is 27.4 Å². The van der Waals surface area contributed by atoms with Gasteiger partial charge in [-0.05, 0) is 54.5 Å². The lowest BCUT2D eigenvalue weighted by molar-refractivity contribution is -0.392. The summed E-state index contributed by atoms with van der Waals surface area (Å²) in [5.74, 6) is -1.73. The number of benzene rings is 2. The number of unbranched alkanes of at least 4 members (excludes halogenated alkanes) is 1. The van der Waals surface area contributed by atoms with E-state index in [4.69, 9.17) is 15.2 Å². The number of anilines is 1. The number of hydrogen-bond donors (Lipinski definition) is 4. The first-order chi connectivity index (χ1) is 19.7. The number of phenols is 1. The van der Waals surface area contributed by atoms with Crippen molar-refractivity contribution >= 4 is 29.5 Å². The number of rotatable bonds is 14. The Kier molecular flexibility index (Phi) is 11.2. The van der Waals surface area contributed by atoms with Crippen molar-refractivity contribution in [1.29, 1.82) is 0 Å². The summed E-state index contributed by atoms with van der Waals surface area (Å²) >= 11 is 0. The SMILES string of the molecule is Cc1ncc([N+](=O)[O-])n1CCOC(=O)c1cc(NC(=O)[C@H](CCCCN)NC(=O)OCc2ccccc2)ccc1O. The molecule has 0 aliphatic carbocycles. The van der Waals surface area contributed by atoms with Gasteiger partial charge in [0, 0.05) is 12.6 Å². The van der Waals surface area contributed by atoms with E-state index in [-0.39, 0.29) is 49.0 Å². The summed E-state index contributed by atoms with van der Waals surface area (Å²) in [5.41, 5.74) is 6.29.